The number of carbonyl (C=O) groups is 2. The Labute approximate surface area is 176 Å². The van der Waals surface area contributed by atoms with Gasteiger partial charge in [-0.2, -0.15) is 0 Å². The van der Waals surface area contributed by atoms with E-state index in [9.17, 15) is 18.0 Å². The SMILES string of the molecule is CCOC(=O)c1ccc(C)c(NC(=O)COc2ccc(CN(C)S(C)(=O)=O)cc2)c1. The summed E-state index contributed by atoms with van der Waals surface area (Å²) in [6.45, 7) is 3.84. The molecule has 0 heterocycles. The van der Waals surface area contributed by atoms with Gasteiger partial charge >= 0.3 is 5.97 Å². The Kier molecular flexibility index (Phi) is 7.96. The maximum absolute atomic E-state index is 12.2. The van der Waals surface area contributed by atoms with Crippen molar-refractivity contribution in [3.63, 3.8) is 0 Å². The molecule has 0 unspecified atom stereocenters. The lowest BCUT2D eigenvalue weighted by Gasteiger charge is -2.14. The van der Waals surface area contributed by atoms with Gasteiger partial charge in [-0.05, 0) is 49.2 Å². The number of amides is 1. The molecule has 0 saturated heterocycles. The summed E-state index contributed by atoms with van der Waals surface area (Å²) in [7, 11) is -1.75. The summed E-state index contributed by atoms with van der Waals surface area (Å²) in [6, 6.07) is 11.8. The summed E-state index contributed by atoms with van der Waals surface area (Å²) in [5.74, 6) is -0.348. The van der Waals surface area contributed by atoms with E-state index in [2.05, 4.69) is 5.32 Å². The molecule has 0 fully saturated rings. The Morgan fingerprint density at radius 3 is 2.37 bits per heavy atom. The molecule has 0 bridgehead atoms. The van der Waals surface area contributed by atoms with Crippen LogP contribution >= 0.6 is 0 Å². The molecule has 1 amide bonds. The number of anilines is 1. The quantitative estimate of drug-likeness (QED) is 0.609. The number of sulfonamides is 1. The van der Waals surface area contributed by atoms with Crippen LogP contribution in [0.25, 0.3) is 0 Å². The molecule has 2 aromatic rings. The average Bonchev–Trinajstić information content (AvgIpc) is 2.68. The molecule has 162 valence electrons. The van der Waals surface area contributed by atoms with Gasteiger partial charge in [-0.1, -0.05) is 18.2 Å². The lowest BCUT2D eigenvalue weighted by Crippen LogP contribution is -2.24. The number of ether oxygens (including phenoxy) is 2. The molecule has 0 spiro atoms. The van der Waals surface area contributed by atoms with Crippen LogP contribution in [-0.2, 0) is 26.1 Å². The van der Waals surface area contributed by atoms with Crippen LogP contribution in [0, 0.1) is 6.92 Å². The van der Waals surface area contributed by atoms with Gasteiger partial charge < -0.3 is 14.8 Å². The third kappa shape index (κ3) is 6.85. The fraction of sp³-hybridized carbons (Fsp3) is 0.333. The molecule has 8 nitrogen and oxygen atoms in total. The highest BCUT2D eigenvalue weighted by Gasteiger charge is 2.13. The summed E-state index contributed by atoms with van der Waals surface area (Å²) < 4.78 is 34.7. The van der Waals surface area contributed by atoms with E-state index in [1.54, 1.807) is 49.4 Å². The van der Waals surface area contributed by atoms with Gasteiger partial charge in [0.15, 0.2) is 6.61 Å². The first-order chi connectivity index (χ1) is 14.1. The highest BCUT2D eigenvalue weighted by atomic mass is 32.2. The second-order valence-corrected chi connectivity index (χ2v) is 8.84. The van der Waals surface area contributed by atoms with E-state index < -0.39 is 16.0 Å². The molecule has 0 atom stereocenters. The average molecular weight is 435 g/mol. The van der Waals surface area contributed by atoms with Gasteiger partial charge in [0, 0.05) is 19.3 Å². The molecule has 1 N–H and O–H groups in total. The van der Waals surface area contributed by atoms with Gasteiger partial charge in [0.25, 0.3) is 5.91 Å². The molecule has 30 heavy (non-hydrogen) atoms. The molecule has 9 heteroatoms. The van der Waals surface area contributed by atoms with Crippen molar-refractivity contribution in [2.75, 3.05) is 31.8 Å². The largest absolute Gasteiger partial charge is 0.484 e. The van der Waals surface area contributed by atoms with Crippen LogP contribution in [-0.4, -0.2) is 51.1 Å². The van der Waals surface area contributed by atoms with Gasteiger partial charge in [0.2, 0.25) is 10.0 Å². The molecule has 0 saturated carbocycles. The van der Waals surface area contributed by atoms with Gasteiger partial charge in [-0.3, -0.25) is 4.79 Å². The summed E-state index contributed by atoms with van der Waals surface area (Å²) in [5, 5.41) is 2.73. The zero-order chi connectivity index (χ0) is 22.3. The second-order valence-electron chi connectivity index (χ2n) is 6.75. The number of esters is 1. The van der Waals surface area contributed by atoms with Crippen LogP contribution in [0.2, 0.25) is 0 Å². The maximum atomic E-state index is 12.2. The van der Waals surface area contributed by atoms with Crippen LogP contribution in [0.5, 0.6) is 5.75 Å². The van der Waals surface area contributed by atoms with E-state index in [1.807, 2.05) is 6.92 Å². The number of hydrogen-bond donors (Lipinski definition) is 1. The van der Waals surface area contributed by atoms with E-state index in [1.165, 1.54) is 11.4 Å². The Hall–Kier alpha value is -2.91. The molecule has 0 aliphatic rings. The lowest BCUT2D eigenvalue weighted by molar-refractivity contribution is -0.118. The highest BCUT2D eigenvalue weighted by molar-refractivity contribution is 7.88. The molecule has 0 aromatic heterocycles. The van der Waals surface area contributed by atoms with Crippen molar-refractivity contribution in [2.45, 2.75) is 20.4 Å². The summed E-state index contributed by atoms with van der Waals surface area (Å²) in [5.41, 5.74) is 2.46. The summed E-state index contributed by atoms with van der Waals surface area (Å²) in [6.07, 6.45) is 1.15. The first kappa shape index (κ1) is 23.4. The number of rotatable bonds is 9. The minimum Gasteiger partial charge on any atom is -0.484 e. The van der Waals surface area contributed by atoms with E-state index in [4.69, 9.17) is 9.47 Å². The van der Waals surface area contributed by atoms with Crippen molar-refractivity contribution < 1.29 is 27.5 Å². The monoisotopic (exact) mass is 434 g/mol. The van der Waals surface area contributed by atoms with Gasteiger partial charge in [-0.25, -0.2) is 17.5 Å². The molecule has 0 aliphatic carbocycles. The zero-order valence-electron chi connectivity index (χ0n) is 17.5. The predicted octanol–water partition coefficient (Wildman–Crippen LogP) is 2.58. The van der Waals surface area contributed by atoms with Crippen molar-refractivity contribution in [3.05, 3.63) is 59.2 Å². The van der Waals surface area contributed by atoms with E-state index in [0.29, 0.717) is 17.0 Å². The van der Waals surface area contributed by atoms with Crippen LogP contribution in [0.15, 0.2) is 42.5 Å². The topological polar surface area (TPSA) is 102 Å². The number of hydrogen-bond acceptors (Lipinski definition) is 6. The van der Waals surface area contributed by atoms with Gasteiger partial charge in [0.1, 0.15) is 5.75 Å². The number of nitrogens with one attached hydrogen (secondary N) is 1. The fourth-order valence-corrected chi connectivity index (χ4v) is 2.88. The fourth-order valence-electron chi connectivity index (χ4n) is 2.50. The predicted molar refractivity (Wildman–Crippen MR) is 114 cm³/mol. The Morgan fingerprint density at radius 2 is 1.77 bits per heavy atom. The number of carbonyl (C=O) groups excluding carboxylic acids is 2. The normalized spacial score (nSPS) is 11.2. The second kappa shape index (κ2) is 10.2. The Bertz CT molecular complexity index is 1000. The molecule has 2 aromatic carbocycles. The van der Waals surface area contributed by atoms with Crippen LogP contribution in [0.1, 0.15) is 28.4 Å². The van der Waals surface area contributed by atoms with Gasteiger partial charge in [0.05, 0.1) is 18.4 Å². The van der Waals surface area contributed by atoms with Crippen molar-refractivity contribution in [1.82, 2.24) is 4.31 Å². The van der Waals surface area contributed by atoms with Crippen LogP contribution in [0.4, 0.5) is 5.69 Å². The first-order valence-electron chi connectivity index (χ1n) is 9.31. The zero-order valence-corrected chi connectivity index (χ0v) is 18.3. The van der Waals surface area contributed by atoms with Crippen molar-refractivity contribution >= 4 is 27.6 Å². The van der Waals surface area contributed by atoms with E-state index in [0.717, 1.165) is 17.4 Å². The molecular weight excluding hydrogens is 408 g/mol. The molecule has 2 rings (SSSR count). The van der Waals surface area contributed by atoms with E-state index >= 15 is 0 Å². The third-order valence-corrected chi connectivity index (χ3v) is 5.55. The Balaban J connectivity index is 1.93. The molecule has 0 aliphatic heterocycles. The number of benzene rings is 2. The van der Waals surface area contributed by atoms with Crippen molar-refractivity contribution in [2.24, 2.45) is 0 Å². The van der Waals surface area contributed by atoms with Crippen molar-refractivity contribution in [3.8, 4) is 5.75 Å². The Morgan fingerprint density at radius 1 is 1.10 bits per heavy atom. The van der Waals surface area contributed by atoms with Crippen LogP contribution in [0.3, 0.4) is 0 Å². The van der Waals surface area contributed by atoms with E-state index in [-0.39, 0.29) is 25.7 Å². The lowest BCUT2D eigenvalue weighted by atomic mass is 10.1. The maximum Gasteiger partial charge on any atom is 0.338 e. The number of nitrogens with zero attached hydrogens (tertiary/aromatic N) is 1. The molecular formula is C21H26N2O6S. The molecule has 0 radical (unpaired) electrons. The summed E-state index contributed by atoms with van der Waals surface area (Å²) >= 11 is 0. The first-order valence-corrected chi connectivity index (χ1v) is 11.2. The summed E-state index contributed by atoms with van der Waals surface area (Å²) in [4.78, 5) is 24.1. The minimum atomic E-state index is -3.26. The van der Waals surface area contributed by atoms with Crippen molar-refractivity contribution in [1.29, 1.82) is 0 Å². The number of aryl methyl sites for hydroxylation is 1. The van der Waals surface area contributed by atoms with Gasteiger partial charge in [-0.15, -0.1) is 0 Å². The third-order valence-electron chi connectivity index (χ3n) is 4.29. The smallest absolute Gasteiger partial charge is 0.338 e. The minimum absolute atomic E-state index is 0.217. The standard InChI is InChI=1S/C21H26N2O6S/c1-5-28-21(25)17-9-6-15(2)19(12-17)22-20(24)14-29-18-10-7-16(8-11-18)13-23(3)30(4,26)27/h6-12H,5,13-14H2,1-4H3,(H,22,24). The highest BCUT2D eigenvalue weighted by Crippen LogP contribution is 2.18. The van der Waals surface area contributed by atoms with Crippen LogP contribution < -0.4 is 10.1 Å².